The SMILES string of the molecule is CCNC(=NCc1ccccc1F)NCCN1C(=O)c2ccccc2C1=O. The molecular weight excluding hydrogens is 347 g/mol. The van der Waals surface area contributed by atoms with E-state index >= 15 is 0 Å². The number of imide groups is 1. The number of guanidine groups is 1. The van der Waals surface area contributed by atoms with Crippen LogP contribution in [0.25, 0.3) is 0 Å². The number of nitrogens with zero attached hydrogens (tertiary/aromatic N) is 2. The summed E-state index contributed by atoms with van der Waals surface area (Å²) in [5.74, 6) is -0.378. The van der Waals surface area contributed by atoms with Gasteiger partial charge in [-0.05, 0) is 25.1 Å². The molecule has 140 valence electrons. The van der Waals surface area contributed by atoms with Gasteiger partial charge in [0.15, 0.2) is 5.96 Å². The number of hydrogen-bond donors (Lipinski definition) is 2. The van der Waals surface area contributed by atoms with E-state index in [1.807, 2.05) is 6.92 Å². The number of fused-ring (bicyclic) bond motifs is 1. The van der Waals surface area contributed by atoms with Crippen molar-refractivity contribution in [3.8, 4) is 0 Å². The van der Waals surface area contributed by atoms with Crippen LogP contribution in [0.2, 0.25) is 0 Å². The fourth-order valence-corrected chi connectivity index (χ4v) is 2.86. The third-order valence-corrected chi connectivity index (χ3v) is 4.22. The van der Waals surface area contributed by atoms with Crippen molar-refractivity contribution >= 4 is 17.8 Å². The first-order valence-corrected chi connectivity index (χ1v) is 8.82. The average molecular weight is 368 g/mol. The second kappa shape index (κ2) is 8.44. The van der Waals surface area contributed by atoms with Gasteiger partial charge in [0.1, 0.15) is 5.82 Å². The fourth-order valence-electron chi connectivity index (χ4n) is 2.86. The summed E-state index contributed by atoms with van der Waals surface area (Å²) in [5, 5.41) is 6.14. The van der Waals surface area contributed by atoms with Crippen molar-refractivity contribution in [1.29, 1.82) is 0 Å². The van der Waals surface area contributed by atoms with Crippen LogP contribution in [-0.2, 0) is 6.54 Å². The Kier molecular flexibility index (Phi) is 5.80. The van der Waals surface area contributed by atoms with Crippen LogP contribution in [0.5, 0.6) is 0 Å². The monoisotopic (exact) mass is 368 g/mol. The highest BCUT2D eigenvalue weighted by molar-refractivity contribution is 6.21. The van der Waals surface area contributed by atoms with E-state index in [0.717, 1.165) is 0 Å². The molecule has 0 bridgehead atoms. The summed E-state index contributed by atoms with van der Waals surface area (Å²) in [6.45, 7) is 3.31. The maximum absolute atomic E-state index is 13.7. The minimum absolute atomic E-state index is 0.190. The van der Waals surface area contributed by atoms with Crippen molar-refractivity contribution in [2.75, 3.05) is 19.6 Å². The molecule has 1 aliphatic rings. The largest absolute Gasteiger partial charge is 0.357 e. The van der Waals surface area contributed by atoms with E-state index in [2.05, 4.69) is 15.6 Å². The summed E-state index contributed by atoms with van der Waals surface area (Å²) >= 11 is 0. The lowest BCUT2D eigenvalue weighted by molar-refractivity contribution is 0.0657. The Morgan fingerprint density at radius 2 is 1.63 bits per heavy atom. The van der Waals surface area contributed by atoms with Crippen LogP contribution >= 0.6 is 0 Å². The van der Waals surface area contributed by atoms with E-state index in [1.54, 1.807) is 42.5 Å². The number of aliphatic imine (C=N–C) groups is 1. The van der Waals surface area contributed by atoms with Crippen molar-refractivity contribution in [3.63, 3.8) is 0 Å². The summed E-state index contributed by atoms with van der Waals surface area (Å²) in [6, 6.07) is 13.3. The highest BCUT2D eigenvalue weighted by Gasteiger charge is 2.34. The van der Waals surface area contributed by atoms with Gasteiger partial charge in [-0.3, -0.25) is 14.5 Å². The van der Waals surface area contributed by atoms with E-state index in [9.17, 15) is 14.0 Å². The lowest BCUT2D eigenvalue weighted by Gasteiger charge is -2.16. The first-order valence-electron chi connectivity index (χ1n) is 8.82. The van der Waals surface area contributed by atoms with Crippen molar-refractivity contribution < 1.29 is 14.0 Å². The number of hydrogen-bond acceptors (Lipinski definition) is 3. The molecule has 0 saturated carbocycles. The maximum atomic E-state index is 13.7. The van der Waals surface area contributed by atoms with Gasteiger partial charge in [0.2, 0.25) is 0 Å². The molecule has 6 nitrogen and oxygen atoms in total. The van der Waals surface area contributed by atoms with Crippen molar-refractivity contribution in [2.24, 2.45) is 4.99 Å². The molecule has 0 spiro atoms. The Morgan fingerprint density at radius 3 is 2.26 bits per heavy atom. The molecule has 0 saturated heterocycles. The first kappa shape index (κ1) is 18.6. The molecular formula is C20H21FN4O2. The van der Waals surface area contributed by atoms with E-state index in [1.165, 1.54) is 11.0 Å². The number of halogens is 1. The molecule has 0 radical (unpaired) electrons. The number of rotatable bonds is 6. The fraction of sp³-hybridized carbons (Fsp3) is 0.250. The summed E-state index contributed by atoms with van der Waals surface area (Å²) in [7, 11) is 0. The van der Waals surface area contributed by atoms with E-state index < -0.39 is 0 Å². The van der Waals surface area contributed by atoms with Gasteiger partial charge in [-0.25, -0.2) is 9.38 Å². The first-order chi connectivity index (χ1) is 13.1. The van der Waals surface area contributed by atoms with Gasteiger partial charge in [0.25, 0.3) is 11.8 Å². The molecule has 27 heavy (non-hydrogen) atoms. The van der Waals surface area contributed by atoms with E-state index in [0.29, 0.717) is 35.7 Å². The molecule has 0 fully saturated rings. The summed E-state index contributed by atoms with van der Waals surface area (Å²) in [6.07, 6.45) is 0. The molecule has 0 aromatic heterocycles. The van der Waals surface area contributed by atoms with Gasteiger partial charge in [-0.2, -0.15) is 0 Å². The Bertz CT molecular complexity index is 847. The number of nitrogens with one attached hydrogen (secondary N) is 2. The zero-order chi connectivity index (χ0) is 19.2. The second-order valence-electron chi connectivity index (χ2n) is 6.02. The predicted octanol–water partition coefficient (Wildman–Crippen LogP) is 2.18. The normalized spacial score (nSPS) is 13.7. The van der Waals surface area contributed by atoms with Crippen LogP contribution in [-0.4, -0.2) is 42.3 Å². The number of benzene rings is 2. The Balaban J connectivity index is 1.59. The smallest absolute Gasteiger partial charge is 0.261 e. The predicted molar refractivity (Wildman–Crippen MR) is 101 cm³/mol. The van der Waals surface area contributed by atoms with Crippen molar-refractivity contribution in [3.05, 3.63) is 71.0 Å². The third-order valence-electron chi connectivity index (χ3n) is 4.22. The molecule has 2 aromatic rings. The lowest BCUT2D eigenvalue weighted by atomic mass is 10.1. The van der Waals surface area contributed by atoms with Crippen LogP contribution in [0.3, 0.4) is 0 Å². The van der Waals surface area contributed by atoms with Crippen LogP contribution in [0.4, 0.5) is 4.39 Å². The van der Waals surface area contributed by atoms with Gasteiger partial charge in [0, 0.05) is 25.2 Å². The quantitative estimate of drug-likeness (QED) is 0.466. The molecule has 0 aliphatic carbocycles. The third kappa shape index (κ3) is 4.13. The van der Waals surface area contributed by atoms with Gasteiger partial charge in [0.05, 0.1) is 17.7 Å². The summed E-state index contributed by atoms with van der Waals surface area (Å²) in [4.78, 5) is 30.3. The van der Waals surface area contributed by atoms with Crippen molar-refractivity contribution in [2.45, 2.75) is 13.5 Å². The van der Waals surface area contributed by atoms with Gasteiger partial charge >= 0.3 is 0 Å². The van der Waals surface area contributed by atoms with Crippen LogP contribution in [0.1, 0.15) is 33.2 Å². The molecule has 2 amide bonds. The van der Waals surface area contributed by atoms with Gasteiger partial charge in [-0.1, -0.05) is 30.3 Å². The number of amides is 2. The maximum Gasteiger partial charge on any atom is 0.261 e. The Labute approximate surface area is 157 Å². The van der Waals surface area contributed by atoms with E-state index in [-0.39, 0.29) is 30.7 Å². The molecule has 2 N–H and O–H groups in total. The average Bonchev–Trinajstić information content (AvgIpc) is 2.92. The highest BCUT2D eigenvalue weighted by Crippen LogP contribution is 2.21. The summed E-state index contributed by atoms with van der Waals surface area (Å²) < 4.78 is 13.7. The van der Waals surface area contributed by atoms with Crippen LogP contribution in [0.15, 0.2) is 53.5 Å². The number of carbonyl (C=O) groups excluding carboxylic acids is 2. The number of carbonyl (C=O) groups is 2. The lowest BCUT2D eigenvalue weighted by Crippen LogP contribution is -2.43. The van der Waals surface area contributed by atoms with Crippen LogP contribution in [0, 0.1) is 5.82 Å². The molecule has 7 heteroatoms. The standard InChI is InChI=1S/C20H21FN4O2/c1-2-22-20(24-13-14-7-3-6-10-17(14)21)23-11-12-25-18(26)15-8-4-5-9-16(15)19(25)27/h3-10H,2,11-13H2,1H3,(H2,22,23,24). The highest BCUT2D eigenvalue weighted by atomic mass is 19.1. The minimum Gasteiger partial charge on any atom is -0.357 e. The Morgan fingerprint density at radius 1 is 1.00 bits per heavy atom. The molecule has 2 aromatic carbocycles. The van der Waals surface area contributed by atoms with Crippen LogP contribution < -0.4 is 10.6 Å². The zero-order valence-corrected chi connectivity index (χ0v) is 15.0. The Hall–Kier alpha value is -3.22. The van der Waals surface area contributed by atoms with E-state index in [4.69, 9.17) is 0 Å². The molecule has 1 heterocycles. The zero-order valence-electron chi connectivity index (χ0n) is 15.0. The summed E-state index contributed by atoms with van der Waals surface area (Å²) in [5.41, 5.74) is 1.36. The topological polar surface area (TPSA) is 73.8 Å². The van der Waals surface area contributed by atoms with Gasteiger partial charge in [-0.15, -0.1) is 0 Å². The second-order valence-corrected chi connectivity index (χ2v) is 6.02. The van der Waals surface area contributed by atoms with Gasteiger partial charge < -0.3 is 10.6 Å². The van der Waals surface area contributed by atoms with Crippen molar-refractivity contribution in [1.82, 2.24) is 15.5 Å². The molecule has 0 unspecified atom stereocenters. The molecule has 0 atom stereocenters. The minimum atomic E-state index is -0.303. The molecule has 3 rings (SSSR count). The molecule has 1 aliphatic heterocycles.